The largest absolute Gasteiger partial charge is 0.398 e. The molecule has 2 rings (SSSR count). The van der Waals surface area contributed by atoms with E-state index in [4.69, 9.17) is 11.5 Å². The number of amides is 1. The van der Waals surface area contributed by atoms with Crippen molar-refractivity contribution in [2.45, 2.75) is 16.7 Å². The van der Waals surface area contributed by atoms with Crippen LogP contribution in [0, 0.1) is 6.92 Å². The quantitative estimate of drug-likeness (QED) is 0.832. The molecule has 0 radical (unpaired) electrons. The summed E-state index contributed by atoms with van der Waals surface area (Å²) in [5.74, 6) is -0.501. The molecular weight excluding hydrogens is 244 g/mol. The monoisotopic (exact) mass is 258 g/mol. The van der Waals surface area contributed by atoms with Crippen LogP contribution >= 0.6 is 11.8 Å². The van der Waals surface area contributed by atoms with Crippen LogP contribution in [0.1, 0.15) is 15.9 Å². The van der Waals surface area contributed by atoms with Crippen LogP contribution in [0.2, 0.25) is 0 Å². The van der Waals surface area contributed by atoms with Gasteiger partial charge in [0.2, 0.25) is 0 Å². The van der Waals surface area contributed by atoms with Crippen LogP contribution < -0.4 is 11.5 Å². The van der Waals surface area contributed by atoms with Gasteiger partial charge in [-0.15, -0.1) is 0 Å². The van der Waals surface area contributed by atoms with E-state index in [0.29, 0.717) is 11.3 Å². The molecule has 0 saturated heterocycles. The lowest BCUT2D eigenvalue weighted by atomic mass is 10.2. The zero-order valence-electron chi connectivity index (χ0n) is 10.0. The molecule has 4 heteroatoms. The van der Waals surface area contributed by atoms with E-state index in [-0.39, 0.29) is 0 Å². The van der Waals surface area contributed by atoms with Gasteiger partial charge in [-0.2, -0.15) is 0 Å². The number of benzene rings is 2. The molecule has 1 amide bonds. The molecule has 0 heterocycles. The Morgan fingerprint density at radius 1 is 1.11 bits per heavy atom. The summed E-state index contributed by atoms with van der Waals surface area (Å²) in [7, 11) is 0. The number of carbonyl (C=O) groups is 1. The Morgan fingerprint density at radius 3 is 2.50 bits per heavy atom. The molecule has 0 aromatic heterocycles. The molecule has 0 aliphatic carbocycles. The van der Waals surface area contributed by atoms with E-state index in [1.807, 2.05) is 31.2 Å². The van der Waals surface area contributed by atoms with Crippen LogP contribution in [0.15, 0.2) is 52.3 Å². The van der Waals surface area contributed by atoms with Crippen LogP contribution in [0.5, 0.6) is 0 Å². The summed E-state index contributed by atoms with van der Waals surface area (Å²) in [6.07, 6.45) is 0. The van der Waals surface area contributed by atoms with E-state index >= 15 is 0 Å². The Kier molecular flexibility index (Phi) is 3.58. The molecule has 2 aromatic carbocycles. The molecule has 92 valence electrons. The number of rotatable bonds is 3. The summed E-state index contributed by atoms with van der Waals surface area (Å²) in [6, 6.07) is 13.5. The van der Waals surface area contributed by atoms with Gasteiger partial charge >= 0.3 is 0 Å². The summed E-state index contributed by atoms with van der Waals surface area (Å²) in [5, 5.41) is 0. The number of hydrogen-bond donors (Lipinski definition) is 2. The van der Waals surface area contributed by atoms with Gasteiger partial charge in [0.25, 0.3) is 5.91 Å². The molecule has 4 N–H and O–H groups in total. The number of primary amides is 1. The molecule has 0 bridgehead atoms. The number of nitrogens with two attached hydrogens (primary N) is 2. The lowest BCUT2D eigenvalue weighted by Crippen LogP contribution is -2.13. The second kappa shape index (κ2) is 5.14. The van der Waals surface area contributed by atoms with Crippen molar-refractivity contribution in [2.75, 3.05) is 5.73 Å². The van der Waals surface area contributed by atoms with Gasteiger partial charge < -0.3 is 11.5 Å². The zero-order chi connectivity index (χ0) is 13.1. The minimum Gasteiger partial charge on any atom is -0.398 e. The summed E-state index contributed by atoms with van der Waals surface area (Å²) in [5.41, 5.74) is 13.0. The lowest BCUT2D eigenvalue weighted by molar-refractivity contribution is 0.100. The summed E-state index contributed by atoms with van der Waals surface area (Å²) < 4.78 is 0. The Hall–Kier alpha value is -1.94. The van der Waals surface area contributed by atoms with Crippen LogP contribution in [0.4, 0.5) is 5.69 Å². The van der Waals surface area contributed by atoms with Crippen molar-refractivity contribution in [3.05, 3.63) is 53.6 Å². The van der Waals surface area contributed by atoms with E-state index in [9.17, 15) is 4.79 Å². The Labute approximate surface area is 110 Å². The predicted octanol–water partition coefficient (Wildman–Crippen LogP) is 2.83. The SMILES string of the molecule is Cc1cccc(Sc2ccc(N)c(C(N)=O)c2)c1. The fraction of sp³-hybridized carbons (Fsp3) is 0.0714. The minimum absolute atomic E-state index is 0.368. The summed E-state index contributed by atoms with van der Waals surface area (Å²) >= 11 is 1.58. The molecule has 0 saturated carbocycles. The van der Waals surface area contributed by atoms with Crippen molar-refractivity contribution in [3.8, 4) is 0 Å². The highest BCUT2D eigenvalue weighted by Gasteiger charge is 2.07. The topological polar surface area (TPSA) is 69.1 Å². The number of anilines is 1. The van der Waals surface area contributed by atoms with Crippen molar-refractivity contribution in [2.24, 2.45) is 5.73 Å². The maximum Gasteiger partial charge on any atom is 0.250 e. The molecule has 2 aromatic rings. The molecule has 0 atom stereocenters. The van der Waals surface area contributed by atoms with Gasteiger partial charge in [0.05, 0.1) is 5.56 Å². The van der Waals surface area contributed by atoms with E-state index in [1.165, 1.54) is 5.56 Å². The fourth-order valence-corrected chi connectivity index (χ4v) is 2.60. The molecule has 18 heavy (non-hydrogen) atoms. The normalized spacial score (nSPS) is 10.3. The first-order valence-electron chi connectivity index (χ1n) is 5.50. The molecule has 0 unspecified atom stereocenters. The van der Waals surface area contributed by atoms with E-state index in [1.54, 1.807) is 23.9 Å². The van der Waals surface area contributed by atoms with Crippen LogP contribution in [-0.4, -0.2) is 5.91 Å². The van der Waals surface area contributed by atoms with Crippen molar-refractivity contribution in [3.63, 3.8) is 0 Å². The first kappa shape index (κ1) is 12.5. The van der Waals surface area contributed by atoms with Gasteiger partial charge in [0.1, 0.15) is 0 Å². The third kappa shape index (κ3) is 2.84. The van der Waals surface area contributed by atoms with Gasteiger partial charge in [0.15, 0.2) is 0 Å². The number of aryl methyl sites for hydroxylation is 1. The van der Waals surface area contributed by atoms with Gasteiger partial charge in [0, 0.05) is 15.5 Å². The maximum atomic E-state index is 11.2. The highest BCUT2D eigenvalue weighted by molar-refractivity contribution is 7.99. The predicted molar refractivity (Wildman–Crippen MR) is 74.7 cm³/mol. The molecule has 0 fully saturated rings. The third-order valence-corrected chi connectivity index (χ3v) is 3.49. The van der Waals surface area contributed by atoms with E-state index < -0.39 is 5.91 Å². The van der Waals surface area contributed by atoms with Crippen molar-refractivity contribution < 1.29 is 4.79 Å². The Morgan fingerprint density at radius 2 is 1.83 bits per heavy atom. The minimum atomic E-state index is -0.501. The Bertz CT molecular complexity index is 596. The standard InChI is InChI=1S/C14H14N2OS/c1-9-3-2-4-10(7-9)18-11-5-6-13(15)12(8-11)14(16)17/h2-8H,15H2,1H3,(H2,16,17). The van der Waals surface area contributed by atoms with Gasteiger partial charge in [-0.1, -0.05) is 29.5 Å². The van der Waals surface area contributed by atoms with Crippen molar-refractivity contribution in [1.29, 1.82) is 0 Å². The van der Waals surface area contributed by atoms with Crippen LogP contribution in [0.3, 0.4) is 0 Å². The van der Waals surface area contributed by atoms with Crippen LogP contribution in [-0.2, 0) is 0 Å². The summed E-state index contributed by atoms with van der Waals surface area (Å²) in [4.78, 5) is 13.3. The molecule has 0 spiro atoms. The van der Waals surface area contributed by atoms with Gasteiger partial charge in [-0.05, 0) is 37.3 Å². The van der Waals surface area contributed by atoms with Gasteiger partial charge in [-0.3, -0.25) is 4.79 Å². The van der Waals surface area contributed by atoms with Crippen molar-refractivity contribution >= 4 is 23.4 Å². The average Bonchev–Trinajstić information content (AvgIpc) is 2.31. The van der Waals surface area contributed by atoms with Crippen molar-refractivity contribution in [1.82, 2.24) is 0 Å². The Balaban J connectivity index is 2.30. The lowest BCUT2D eigenvalue weighted by Gasteiger charge is -2.06. The fourth-order valence-electron chi connectivity index (χ4n) is 1.63. The third-order valence-electron chi connectivity index (χ3n) is 2.52. The zero-order valence-corrected chi connectivity index (χ0v) is 10.8. The highest BCUT2D eigenvalue weighted by Crippen LogP contribution is 2.30. The maximum absolute atomic E-state index is 11.2. The highest BCUT2D eigenvalue weighted by atomic mass is 32.2. The summed E-state index contributed by atoms with van der Waals surface area (Å²) in [6.45, 7) is 2.04. The smallest absolute Gasteiger partial charge is 0.250 e. The first-order valence-corrected chi connectivity index (χ1v) is 6.32. The van der Waals surface area contributed by atoms with E-state index in [0.717, 1.165) is 9.79 Å². The van der Waals surface area contributed by atoms with Crippen LogP contribution in [0.25, 0.3) is 0 Å². The second-order valence-electron chi connectivity index (χ2n) is 4.03. The molecular formula is C14H14N2OS. The molecule has 0 aliphatic heterocycles. The second-order valence-corrected chi connectivity index (χ2v) is 5.18. The van der Waals surface area contributed by atoms with Gasteiger partial charge in [-0.25, -0.2) is 0 Å². The molecule has 0 aliphatic rings. The number of carbonyl (C=O) groups excluding carboxylic acids is 1. The number of hydrogen-bond acceptors (Lipinski definition) is 3. The first-order chi connectivity index (χ1) is 8.56. The molecule has 3 nitrogen and oxygen atoms in total. The van der Waals surface area contributed by atoms with E-state index in [2.05, 4.69) is 6.07 Å². The average molecular weight is 258 g/mol. The number of nitrogen functional groups attached to an aromatic ring is 1.